The number of halogens is 3. The number of nitrogens with two attached hydrogens (primary N) is 1. The molecule has 1 heterocycles. The Labute approximate surface area is 108 Å². The van der Waals surface area contributed by atoms with Gasteiger partial charge in [0.2, 0.25) is 0 Å². The predicted molar refractivity (Wildman–Crippen MR) is 67.0 cm³/mol. The van der Waals surface area contributed by atoms with E-state index in [2.05, 4.69) is 4.98 Å². The van der Waals surface area contributed by atoms with Crippen LogP contribution in [0.4, 0.5) is 8.78 Å². The van der Waals surface area contributed by atoms with E-state index in [9.17, 15) is 8.78 Å². The molecule has 1 aliphatic rings. The van der Waals surface area contributed by atoms with Gasteiger partial charge in [-0.1, -0.05) is 35.9 Å². The van der Waals surface area contributed by atoms with E-state index in [1.54, 1.807) is 6.07 Å². The van der Waals surface area contributed by atoms with E-state index < -0.39 is 11.3 Å². The molecular weight excluding hydrogens is 258 g/mol. The lowest BCUT2D eigenvalue weighted by Crippen LogP contribution is -2.27. The fraction of sp³-hybridized carbons (Fsp3) is 0.308. The van der Waals surface area contributed by atoms with E-state index >= 15 is 0 Å². The lowest BCUT2D eigenvalue weighted by Gasteiger charge is -2.14. The van der Waals surface area contributed by atoms with Crippen molar-refractivity contribution in [3.8, 4) is 0 Å². The Hall–Kier alpha value is -1.26. The molecule has 2 N–H and O–H groups in total. The summed E-state index contributed by atoms with van der Waals surface area (Å²) in [5, 5.41) is 1.82. The number of rotatable bonds is 2. The van der Waals surface area contributed by atoms with Crippen molar-refractivity contribution in [2.75, 3.05) is 6.54 Å². The van der Waals surface area contributed by atoms with Gasteiger partial charge in [0.15, 0.2) is 0 Å². The highest BCUT2D eigenvalue weighted by atomic mass is 35.5. The van der Waals surface area contributed by atoms with E-state index in [0.717, 1.165) is 10.8 Å². The molecule has 2 aromatic rings. The summed E-state index contributed by atoms with van der Waals surface area (Å²) in [6.45, 7) is -0.123. The van der Waals surface area contributed by atoms with Crippen LogP contribution in [0.15, 0.2) is 30.3 Å². The topological polar surface area (TPSA) is 38.9 Å². The van der Waals surface area contributed by atoms with E-state index in [0.29, 0.717) is 5.69 Å². The zero-order valence-corrected chi connectivity index (χ0v) is 10.2. The molecule has 1 aromatic carbocycles. The van der Waals surface area contributed by atoms with Crippen LogP contribution >= 0.6 is 11.6 Å². The number of nitrogens with zero attached hydrogens (tertiary/aromatic N) is 1. The molecule has 0 amide bonds. The van der Waals surface area contributed by atoms with Gasteiger partial charge in [0.25, 0.3) is 5.92 Å². The maximum absolute atomic E-state index is 13.5. The minimum absolute atomic E-state index is 0.123. The smallest absolute Gasteiger partial charge is 0.261 e. The van der Waals surface area contributed by atoms with Crippen LogP contribution in [0.25, 0.3) is 10.8 Å². The highest BCUT2D eigenvalue weighted by Gasteiger charge is 2.72. The first-order chi connectivity index (χ1) is 8.50. The van der Waals surface area contributed by atoms with E-state index in [-0.39, 0.29) is 18.1 Å². The van der Waals surface area contributed by atoms with Crippen molar-refractivity contribution < 1.29 is 8.78 Å². The van der Waals surface area contributed by atoms with Crippen LogP contribution in [0, 0.1) is 0 Å². The molecule has 1 aromatic heterocycles. The maximum atomic E-state index is 13.5. The first-order valence-corrected chi connectivity index (χ1v) is 6.02. The van der Waals surface area contributed by atoms with Gasteiger partial charge in [-0.15, -0.1) is 0 Å². The molecule has 3 rings (SSSR count). The standard InChI is InChI=1S/C13H11ClF2N2/c14-11-9-4-2-1-3-8(9)5-10(18-11)12(7-17)6-13(12,15)16/h1-5H,6-7,17H2. The first-order valence-electron chi connectivity index (χ1n) is 5.64. The van der Waals surface area contributed by atoms with Crippen LogP contribution in [0.1, 0.15) is 12.1 Å². The Bertz CT molecular complexity index is 629. The maximum Gasteiger partial charge on any atom is 0.261 e. The van der Waals surface area contributed by atoms with E-state index in [1.165, 1.54) is 0 Å². The number of hydrogen-bond donors (Lipinski definition) is 1. The molecule has 0 saturated heterocycles. The molecule has 1 saturated carbocycles. The number of hydrogen-bond acceptors (Lipinski definition) is 2. The summed E-state index contributed by atoms with van der Waals surface area (Å²) in [5.74, 6) is -2.78. The summed E-state index contributed by atoms with van der Waals surface area (Å²) in [7, 11) is 0. The third-order valence-corrected chi connectivity index (χ3v) is 3.92. The molecule has 0 spiro atoms. The second-order valence-corrected chi connectivity index (χ2v) is 5.04. The van der Waals surface area contributed by atoms with Gasteiger partial charge in [-0.2, -0.15) is 0 Å². The van der Waals surface area contributed by atoms with Crippen LogP contribution in [0.2, 0.25) is 5.15 Å². The molecule has 1 atom stereocenters. The number of fused-ring (bicyclic) bond motifs is 1. The van der Waals surface area contributed by atoms with Crippen LogP contribution in [0.5, 0.6) is 0 Å². The summed E-state index contributed by atoms with van der Waals surface area (Å²) in [5.41, 5.74) is 4.47. The predicted octanol–water partition coefficient (Wildman–Crippen LogP) is 3.12. The second kappa shape index (κ2) is 3.62. The van der Waals surface area contributed by atoms with Gasteiger partial charge in [0.1, 0.15) is 5.15 Å². The van der Waals surface area contributed by atoms with Gasteiger partial charge in [0.05, 0.1) is 11.1 Å². The average molecular weight is 269 g/mol. The van der Waals surface area contributed by atoms with Gasteiger partial charge in [-0.05, 0) is 11.5 Å². The number of aromatic nitrogens is 1. The van der Waals surface area contributed by atoms with Gasteiger partial charge < -0.3 is 5.73 Å². The zero-order valence-electron chi connectivity index (χ0n) is 9.46. The number of benzene rings is 1. The lowest BCUT2D eigenvalue weighted by molar-refractivity contribution is 0.0887. The monoisotopic (exact) mass is 268 g/mol. The molecule has 1 fully saturated rings. The van der Waals surface area contributed by atoms with Crippen LogP contribution in [-0.4, -0.2) is 17.5 Å². The molecule has 2 nitrogen and oxygen atoms in total. The van der Waals surface area contributed by atoms with Gasteiger partial charge >= 0.3 is 0 Å². The third kappa shape index (κ3) is 1.45. The first kappa shape index (κ1) is 11.8. The van der Waals surface area contributed by atoms with Gasteiger partial charge in [-0.25, -0.2) is 13.8 Å². The Morgan fingerprint density at radius 3 is 2.61 bits per heavy atom. The Morgan fingerprint density at radius 1 is 1.33 bits per heavy atom. The molecule has 0 aliphatic heterocycles. The molecule has 0 bridgehead atoms. The molecule has 5 heteroatoms. The second-order valence-electron chi connectivity index (χ2n) is 4.69. The largest absolute Gasteiger partial charge is 0.329 e. The molecule has 94 valence electrons. The van der Waals surface area contributed by atoms with Crippen molar-refractivity contribution in [3.05, 3.63) is 41.2 Å². The van der Waals surface area contributed by atoms with Crippen LogP contribution in [-0.2, 0) is 5.41 Å². The van der Waals surface area contributed by atoms with Crippen LogP contribution < -0.4 is 5.73 Å². The molecule has 1 aliphatic carbocycles. The zero-order chi connectivity index (χ0) is 13.0. The number of pyridine rings is 1. The summed E-state index contributed by atoms with van der Waals surface area (Å²) in [6.07, 6.45) is -0.252. The molecular formula is C13H11ClF2N2. The normalized spacial score (nSPS) is 25.3. The fourth-order valence-corrected chi connectivity index (χ4v) is 2.60. The summed E-state index contributed by atoms with van der Waals surface area (Å²) in [6, 6.07) is 8.98. The van der Waals surface area contributed by atoms with E-state index in [1.807, 2.05) is 24.3 Å². The summed E-state index contributed by atoms with van der Waals surface area (Å²) < 4.78 is 27.0. The van der Waals surface area contributed by atoms with Crippen molar-refractivity contribution in [3.63, 3.8) is 0 Å². The highest BCUT2D eigenvalue weighted by molar-refractivity contribution is 6.34. The molecule has 1 unspecified atom stereocenters. The van der Waals surface area contributed by atoms with Gasteiger partial charge in [-0.3, -0.25) is 0 Å². The molecule has 18 heavy (non-hydrogen) atoms. The average Bonchev–Trinajstić information content (AvgIpc) is 2.93. The lowest BCUT2D eigenvalue weighted by atomic mass is 9.99. The fourth-order valence-electron chi connectivity index (χ4n) is 2.34. The Kier molecular flexibility index (Phi) is 2.37. The quantitative estimate of drug-likeness (QED) is 0.850. The van der Waals surface area contributed by atoms with Crippen molar-refractivity contribution in [1.29, 1.82) is 0 Å². The van der Waals surface area contributed by atoms with Crippen molar-refractivity contribution in [2.24, 2.45) is 5.73 Å². The minimum atomic E-state index is -2.78. The van der Waals surface area contributed by atoms with Crippen molar-refractivity contribution >= 4 is 22.4 Å². The number of alkyl halides is 2. The molecule has 0 radical (unpaired) electrons. The SMILES string of the molecule is NCC1(c2cc3ccccc3c(Cl)n2)CC1(F)F. The van der Waals surface area contributed by atoms with Gasteiger partial charge in [0, 0.05) is 18.4 Å². The minimum Gasteiger partial charge on any atom is -0.329 e. The summed E-state index contributed by atoms with van der Waals surface area (Å²) >= 11 is 6.05. The summed E-state index contributed by atoms with van der Waals surface area (Å²) in [4.78, 5) is 4.11. The van der Waals surface area contributed by atoms with Crippen LogP contribution in [0.3, 0.4) is 0 Å². The van der Waals surface area contributed by atoms with Crippen molar-refractivity contribution in [1.82, 2.24) is 4.98 Å². The third-order valence-electron chi connectivity index (χ3n) is 3.63. The highest BCUT2D eigenvalue weighted by Crippen LogP contribution is 2.60. The Morgan fingerprint density at radius 2 is 2.00 bits per heavy atom. The van der Waals surface area contributed by atoms with E-state index in [4.69, 9.17) is 17.3 Å². The Balaban J connectivity index is 2.20. The van der Waals surface area contributed by atoms with Crippen molar-refractivity contribution in [2.45, 2.75) is 17.8 Å².